The van der Waals surface area contributed by atoms with Crippen LogP contribution in [0.15, 0.2) is 22.8 Å². The molecule has 0 saturated carbocycles. The lowest BCUT2D eigenvalue weighted by Crippen LogP contribution is -2.46. The molecule has 1 aromatic rings. The van der Waals surface area contributed by atoms with E-state index in [1.165, 1.54) is 0 Å². The van der Waals surface area contributed by atoms with Crippen LogP contribution < -0.4 is 0 Å². The van der Waals surface area contributed by atoms with Crippen molar-refractivity contribution in [2.75, 3.05) is 26.7 Å². The van der Waals surface area contributed by atoms with Crippen molar-refractivity contribution >= 4 is 5.91 Å². The van der Waals surface area contributed by atoms with Gasteiger partial charge in [0.1, 0.15) is 11.8 Å². The molecule has 0 radical (unpaired) electrons. The Kier molecular flexibility index (Phi) is 3.81. The van der Waals surface area contributed by atoms with Gasteiger partial charge in [-0.3, -0.25) is 9.69 Å². The predicted molar refractivity (Wildman–Crippen MR) is 62.2 cm³/mol. The van der Waals surface area contributed by atoms with E-state index in [4.69, 9.17) is 4.42 Å². The zero-order chi connectivity index (χ0) is 12.3. The van der Waals surface area contributed by atoms with E-state index in [1.807, 2.05) is 17.0 Å². The van der Waals surface area contributed by atoms with Crippen molar-refractivity contribution in [3.63, 3.8) is 0 Å². The van der Waals surface area contributed by atoms with Crippen LogP contribution in [0, 0.1) is 0 Å². The molecular weight excluding hydrogens is 220 g/mol. The number of nitrogens with zero attached hydrogens (tertiary/aromatic N) is 2. The highest BCUT2D eigenvalue weighted by molar-refractivity contribution is 5.82. The second-order valence-corrected chi connectivity index (χ2v) is 4.36. The normalized spacial score (nSPS) is 22.8. The number of furan rings is 1. The second-order valence-electron chi connectivity index (χ2n) is 4.36. The molecule has 1 N–H and O–H groups in total. The molecular formula is C12H18N2O3. The SMILES string of the molecule is CN1CCCN(Cc2ccco2)C(CO)C1=O. The van der Waals surface area contributed by atoms with Gasteiger partial charge in [-0.05, 0) is 18.6 Å². The molecule has 94 valence electrons. The second kappa shape index (κ2) is 5.33. The van der Waals surface area contributed by atoms with Crippen LogP contribution in [0.25, 0.3) is 0 Å². The van der Waals surface area contributed by atoms with Crippen LogP contribution in [-0.2, 0) is 11.3 Å². The number of carbonyl (C=O) groups is 1. The predicted octanol–water partition coefficient (Wildman–Crippen LogP) is 0.305. The van der Waals surface area contributed by atoms with Gasteiger partial charge in [0.25, 0.3) is 0 Å². The summed E-state index contributed by atoms with van der Waals surface area (Å²) in [6, 6.07) is 3.26. The molecule has 1 aliphatic rings. The number of hydrogen-bond donors (Lipinski definition) is 1. The van der Waals surface area contributed by atoms with Crippen molar-refractivity contribution in [2.45, 2.75) is 19.0 Å². The van der Waals surface area contributed by atoms with E-state index in [0.29, 0.717) is 6.54 Å². The number of aliphatic hydroxyl groups excluding tert-OH is 1. The lowest BCUT2D eigenvalue weighted by molar-refractivity contribution is -0.135. The zero-order valence-corrected chi connectivity index (χ0v) is 10.0. The van der Waals surface area contributed by atoms with Crippen LogP contribution in [0.5, 0.6) is 0 Å². The highest BCUT2D eigenvalue weighted by atomic mass is 16.3. The van der Waals surface area contributed by atoms with Crippen molar-refractivity contribution < 1.29 is 14.3 Å². The molecule has 0 spiro atoms. The van der Waals surface area contributed by atoms with Gasteiger partial charge >= 0.3 is 0 Å². The standard InChI is InChI=1S/C12H18N2O3/c1-13-5-3-6-14(11(9-15)12(13)16)8-10-4-2-7-17-10/h2,4,7,11,15H,3,5-6,8-9H2,1H3. The maximum absolute atomic E-state index is 12.0. The van der Waals surface area contributed by atoms with E-state index in [1.54, 1.807) is 18.2 Å². The van der Waals surface area contributed by atoms with Crippen molar-refractivity contribution in [2.24, 2.45) is 0 Å². The zero-order valence-electron chi connectivity index (χ0n) is 10.0. The molecule has 1 unspecified atom stereocenters. The maximum Gasteiger partial charge on any atom is 0.242 e. The van der Waals surface area contributed by atoms with Gasteiger partial charge in [0.2, 0.25) is 5.91 Å². The first kappa shape index (κ1) is 12.1. The topological polar surface area (TPSA) is 56.9 Å². The largest absolute Gasteiger partial charge is 0.468 e. The Hall–Kier alpha value is -1.33. The quantitative estimate of drug-likeness (QED) is 0.823. The molecule has 1 aliphatic heterocycles. The highest BCUT2D eigenvalue weighted by Crippen LogP contribution is 2.14. The van der Waals surface area contributed by atoms with Gasteiger partial charge in [0.05, 0.1) is 19.4 Å². The Labute approximate surface area is 101 Å². The van der Waals surface area contributed by atoms with Crippen LogP contribution in [0.3, 0.4) is 0 Å². The average molecular weight is 238 g/mol. The molecule has 0 aromatic carbocycles. The molecule has 0 aliphatic carbocycles. The summed E-state index contributed by atoms with van der Waals surface area (Å²) in [6.45, 7) is 1.95. The number of amides is 1. The van der Waals surface area contributed by atoms with Crippen LogP contribution in [-0.4, -0.2) is 53.6 Å². The summed E-state index contributed by atoms with van der Waals surface area (Å²) in [5.74, 6) is 0.803. The minimum atomic E-state index is -0.451. The fourth-order valence-electron chi connectivity index (χ4n) is 2.17. The van der Waals surface area contributed by atoms with Crippen LogP contribution in [0.1, 0.15) is 12.2 Å². The number of carbonyl (C=O) groups excluding carboxylic acids is 1. The molecule has 1 atom stereocenters. The number of hydrogen-bond acceptors (Lipinski definition) is 4. The van der Waals surface area contributed by atoms with E-state index < -0.39 is 6.04 Å². The summed E-state index contributed by atoms with van der Waals surface area (Å²) in [7, 11) is 1.78. The van der Waals surface area contributed by atoms with Crippen molar-refractivity contribution in [3.8, 4) is 0 Å². The van der Waals surface area contributed by atoms with E-state index in [9.17, 15) is 9.90 Å². The van der Waals surface area contributed by atoms with E-state index in [2.05, 4.69) is 0 Å². The smallest absolute Gasteiger partial charge is 0.242 e. The number of aliphatic hydroxyl groups is 1. The number of rotatable bonds is 3. The Balaban J connectivity index is 2.10. The maximum atomic E-state index is 12.0. The Morgan fingerprint density at radius 2 is 2.35 bits per heavy atom. The molecule has 1 fully saturated rings. The summed E-state index contributed by atoms with van der Waals surface area (Å²) in [5.41, 5.74) is 0. The molecule has 1 saturated heterocycles. The van der Waals surface area contributed by atoms with Gasteiger partial charge in [-0.15, -0.1) is 0 Å². The molecule has 1 aromatic heterocycles. The molecule has 17 heavy (non-hydrogen) atoms. The molecule has 2 rings (SSSR count). The summed E-state index contributed by atoms with van der Waals surface area (Å²) in [6.07, 6.45) is 2.54. The summed E-state index contributed by atoms with van der Waals surface area (Å²) in [4.78, 5) is 15.7. The molecule has 2 heterocycles. The van der Waals surface area contributed by atoms with Gasteiger partial charge in [-0.2, -0.15) is 0 Å². The first-order valence-corrected chi connectivity index (χ1v) is 5.84. The van der Waals surface area contributed by atoms with Crippen LogP contribution in [0.4, 0.5) is 0 Å². The Bertz CT molecular complexity index is 364. The fraction of sp³-hybridized carbons (Fsp3) is 0.583. The lowest BCUT2D eigenvalue weighted by Gasteiger charge is -2.27. The molecule has 5 nitrogen and oxygen atoms in total. The number of likely N-dealkylation sites (N-methyl/N-ethyl adjacent to an activating group) is 1. The van der Waals surface area contributed by atoms with Gasteiger partial charge in [-0.1, -0.05) is 0 Å². The third-order valence-electron chi connectivity index (χ3n) is 3.15. The van der Waals surface area contributed by atoms with Crippen molar-refractivity contribution in [1.82, 2.24) is 9.80 Å². The molecule has 1 amide bonds. The van der Waals surface area contributed by atoms with Gasteiger partial charge in [0, 0.05) is 20.1 Å². The lowest BCUT2D eigenvalue weighted by atomic mass is 10.2. The minimum Gasteiger partial charge on any atom is -0.468 e. The van der Waals surface area contributed by atoms with E-state index in [-0.39, 0.29) is 12.5 Å². The Morgan fingerprint density at radius 1 is 1.53 bits per heavy atom. The minimum absolute atomic E-state index is 0.0171. The summed E-state index contributed by atoms with van der Waals surface area (Å²) in [5, 5.41) is 9.38. The average Bonchev–Trinajstić information content (AvgIpc) is 2.77. The van der Waals surface area contributed by atoms with Gasteiger partial charge in [0.15, 0.2) is 0 Å². The highest BCUT2D eigenvalue weighted by Gasteiger charge is 2.30. The summed E-state index contributed by atoms with van der Waals surface area (Å²) < 4.78 is 5.28. The van der Waals surface area contributed by atoms with Gasteiger partial charge in [-0.25, -0.2) is 0 Å². The first-order chi connectivity index (χ1) is 8.22. The molecule has 5 heteroatoms. The van der Waals surface area contributed by atoms with E-state index >= 15 is 0 Å². The third kappa shape index (κ3) is 2.68. The van der Waals surface area contributed by atoms with Crippen LogP contribution in [0.2, 0.25) is 0 Å². The summed E-state index contributed by atoms with van der Waals surface area (Å²) >= 11 is 0. The Morgan fingerprint density at radius 3 is 3.00 bits per heavy atom. The van der Waals surface area contributed by atoms with E-state index in [0.717, 1.165) is 25.3 Å². The molecule has 0 bridgehead atoms. The first-order valence-electron chi connectivity index (χ1n) is 5.84. The van der Waals surface area contributed by atoms with Crippen molar-refractivity contribution in [1.29, 1.82) is 0 Å². The monoisotopic (exact) mass is 238 g/mol. The fourth-order valence-corrected chi connectivity index (χ4v) is 2.17. The third-order valence-corrected chi connectivity index (χ3v) is 3.15. The van der Waals surface area contributed by atoms with Crippen LogP contribution >= 0.6 is 0 Å². The van der Waals surface area contributed by atoms with Crippen molar-refractivity contribution in [3.05, 3.63) is 24.2 Å². The van der Waals surface area contributed by atoms with Gasteiger partial charge < -0.3 is 14.4 Å².